The summed E-state index contributed by atoms with van der Waals surface area (Å²) in [6, 6.07) is -3.89. The van der Waals surface area contributed by atoms with Crippen molar-refractivity contribution in [3.63, 3.8) is 0 Å². The standard InChI is InChI=1S/C23H43N8O5/c1-13(2)10-15(12-32)29-22(36)18(11-14(3)4)31-21(35)17(7-8-19(25)33)30-20(34)16(24)6-5-9-28-23(26)27/h13-18H,5-11,24H2,1-4H3,(H2,25,33)(H,29,36)(H,30,34)(H,31,35)(H4,26,27,28)/t15-,16-,17-,18-/m0/s1. The molecule has 0 aromatic rings. The van der Waals surface area contributed by atoms with Crippen LogP contribution in [0.3, 0.4) is 0 Å². The summed E-state index contributed by atoms with van der Waals surface area (Å²) < 4.78 is 0. The summed E-state index contributed by atoms with van der Waals surface area (Å²) in [5, 5.41) is 17.5. The number of rotatable bonds is 18. The summed E-state index contributed by atoms with van der Waals surface area (Å²) in [7, 11) is 0. The maximum atomic E-state index is 13.1. The van der Waals surface area contributed by atoms with Crippen molar-refractivity contribution in [3.8, 4) is 0 Å². The highest BCUT2D eigenvalue weighted by atomic mass is 16.2. The Morgan fingerprint density at radius 3 is 1.89 bits per heavy atom. The van der Waals surface area contributed by atoms with Crippen molar-refractivity contribution >= 4 is 35.9 Å². The normalized spacial score (nSPS) is 14.3. The zero-order chi connectivity index (χ0) is 27.8. The SMILES string of the molecule is CC(C)C[C@@H]([C]=O)NC(=O)[C@H](CC(C)C)NC(=O)[C@H](CCC(N)=O)NC(=O)[C@@H](N)CCCNC(=N)N. The lowest BCUT2D eigenvalue weighted by Crippen LogP contribution is -2.57. The van der Waals surface area contributed by atoms with E-state index in [1.165, 1.54) is 0 Å². The van der Waals surface area contributed by atoms with Crippen molar-refractivity contribution in [1.82, 2.24) is 21.3 Å². The minimum Gasteiger partial charge on any atom is -0.370 e. The lowest BCUT2D eigenvalue weighted by molar-refractivity contribution is -0.133. The Morgan fingerprint density at radius 1 is 0.833 bits per heavy atom. The molecule has 1 radical (unpaired) electrons. The van der Waals surface area contributed by atoms with E-state index < -0.39 is 47.8 Å². The minimum atomic E-state index is -1.15. The Bertz CT molecular complexity index is 759. The molecule has 4 amide bonds. The second kappa shape index (κ2) is 17.2. The summed E-state index contributed by atoms with van der Waals surface area (Å²) in [4.78, 5) is 61.1. The average molecular weight is 512 g/mol. The molecule has 0 aromatic heterocycles. The summed E-state index contributed by atoms with van der Waals surface area (Å²) in [5.74, 6) is -2.51. The second-order valence-electron chi connectivity index (χ2n) is 9.65. The third kappa shape index (κ3) is 14.9. The van der Waals surface area contributed by atoms with Crippen molar-refractivity contribution in [1.29, 1.82) is 5.41 Å². The lowest BCUT2D eigenvalue weighted by Gasteiger charge is -2.26. The smallest absolute Gasteiger partial charge is 0.243 e. The van der Waals surface area contributed by atoms with E-state index in [0.717, 1.165) is 0 Å². The highest BCUT2D eigenvalue weighted by molar-refractivity contribution is 5.93. The van der Waals surface area contributed by atoms with Crippen LogP contribution in [-0.2, 0) is 24.0 Å². The molecule has 13 nitrogen and oxygen atoms in total. The van der Waals surface area contributed by atoms with Crippen LogP contribution in [0, 0.1) is 17.2 Å². The minimum absolute atomic E-state index is 0.0282. The molecule has 36 heavy (non-hydrogen) atoms. The predicted octanol–water partition coefficient (Wildman–Crippen LogP) is -1.50. The molecule has 0 spiro atoms. The molecule has 0 rings (SSSR count). The van der Waals surface area contributed by atoms with E-state index in [4.69, 9.17) is 22.6 Å². The number of hydrogen-bond donors (Lipinski definition) is 8. The number of amides is 4. The number of guanidine groups is 1. The maximum absolute atomic E-state index is 13.1. The molecule has 13 heteroatoms. The van der Waals surface area contributed by atoms with Crippen LogP contribution >= 0.6 is 0 Å². The van der Waals surface area contributed by atoms with Crippen LogP contribution in [0.15, 0.2) is 0 Å². The zero-order valence-corrected chi connectivity index (χ0v) is 21.7. The fraction of sp³-hybridized carbons (Fsp3) is 0.739. The molecular formula is C23H43N8O5. The summed E-state index contributed by atoms with van der Waals surface area (Å²) in [5.41, 5.74) is 16.3. The molecule has 0 bridgehead atoms. The van der Waals surface area contributed by atoms with Gasteiger partial charge in [-0.15, -0.1) is 0 Å². The van der Waals surface area contributed by atoms with Gasteiger partial charge in [0.1, 0.15) is 12.1 Å². The van der Waals surface area contributed by atoms with Crippen molar-refractivity contribution in [3.05, 3.63) is 0 Å². The van der Waals surface area contributed by atoms with Crippen LogP contribution in [0.2, 0.25) is 0 Å². The first-order valence-corrected chi connectivity index (χ1v) is 12.2. The third-order valence-corrected chi connectivity index (χ3v) is 5.16. The zero-order valence-electron chi connectivity index (χ0n) is 21.7. The van der Waals surface area contributed by atoms with Gasteiger partial charge in [0.2, 0.25) is 29.9 Å². The van der Waals surface area contributed by atoms with Crippen LogP contribution in [-0.4, -0.2) is 66.6 Å². The van der Waals surface area contributed by atoms with Crippen LogP contribution in [0.25, 0.3) is 0 Å². The summed E-state index contributed by atoms with van der Waals surface area (Å²) in [6.07, 6.45) is 2.94. The molecule has 0 saturated carbocycles. The maximum Gasteiger partial charge on any atom is 0.243 e. The number of primary amides is 1. The van der Waals surface area contributed by atoms with E-state index >= 15 is 0 Å². The van der Waals surface area contributed by atoms with Gasteiger partial charge in [-0.05, 0) is 43.9 Å². The number of hydrogen-bond acceptors (Lipinski definition) is 7. The van der Waals surface area contributed by atoms with Gasteiger partial charge in [-0.1, -0.05) is 27.7 Å². The fourth-order valence-corrected chi connectivity index (χ4v) is 3.37. The largest absolute Gasteiger partial charge is 0.370 e. The molecule has 0 aromatic carbocycles. The lowest BCUT2D eigenvalue weighted by atomic mass is 10.00. The van der Waals surface area contributed by atoms with E-state index in [-0.39, 0.29) is 43.5 Å². The molecule has 0 fully saturated rings. The highest BCUT2D eigenvalue weighted by Crippen LogP contribution is 2.09. The van der Waals surface area contributed by atoms with E-state index in [1.54, 1.807) is 6.29 Å². The average Bonchev–Trinajstić information content (AvgIpc) is 2.76. The van der Waals surface area contributed by atoms with Crippen LogP contribution < -0.4 is 38.5 Å². The topological polar surface area (TPSA) is 235 Å². The van der Waals surface area contributed by atoms with Gasteiger partial charge in [0.05, 0.1) is 12.1 Å². The van der Waals surface area contributed by atoms with Crippen molar-refractivity contribution in [2.24, 2.45) is 29.0 Å². The fourth-order valence-electron chi connectivity index (χ4n) is 3.37. The molecule has 0 aliphatic rings. The van der Waals surface area contributed by atoms with E-state index in [9.17, 15) is 24.0 Å². The van der Waals surface area contributed by atoms with Crippen molar-refractivity contribution in [2.75, 3.05) is 6.54 Å². The van der Waals surface area contributed by atoms with E-state index in [2.05, 4.69) is 21.3 Å². The van der Waals surface area contributed by atoms with Gasteiger partial charge in [0.15, 0.2) is 5.96 Å². The molecule has 205 valence electrons. The van der Waals surface area contributed by atoms with Gasteiger partial charge in [-0.25, -0.2) is 0 Å². The quantitative estimate of drug-likeness (QED) is 0.0610. The van der Waals surface area contributed by atoms with Gasteiger partial charge in [-0.2, -0.15) is 0 Å². The highest BCUT2D eigenvalue weighted by Gasteiger charge is 2.29. The van der Waals surface area contributed by atoms with Crippen LogP contribution in [0.4, 0.5) is 0 Å². The second-order valence-corrected chi connectivity index (χ2v) is 9.65. The van der Waals surface area contributed by atoms with E-state index in [0.29, 0.717) is 19.4 Å². The summed E-state index contributed by atoms with van der Waals surface area (Å²) in [6.45, 7) is 7.90. The molecule has 0 heterocycles. The molecule has 0 unspecified atom stereocenters. The Labute approximate surface area is 212 Å². The van der Waals surface area contributed by atoms with E-state index in [1.807, 2.05) is 27.7 Å². The third-order valence-electron chi connectivity index (χ3n) is 5.16. The Kier molecular flexibility index (Phi) is 15.7. The van der Waals surface area contributed by atoms with Gasteiger partial charge >= 0.3 is 0 Å². The molecule has 4 atom stereocenters. The Balaban J connectivity index is 5.37. The number of carbonyl (C=O) groups excluding carboxylic acids is 5. The first-order chi connectivity index (χ1) is 16.8. The number of nitrogens with two attached hydrogens (primary N) is 3. The molecule has 0 aliphatic carbocycles. The molecule has 0 aliphatic heterocycles. The van der Waals surface area contributed by atoms with Gasteiger partial charge in [0, 0.05) is 13.0 Å². The van der Waals surface area contributed by atoms with Crippen molar-refractivity contribution in [2.45, 2.75) is 90.4 Å². The molecular weight excluding hydrogens is 468 g/mol. The molecule has 0 saturated heterocycles. The monoisotopic (exact) mass is 511 g/mol. The predicted molar refractivity (Wildman–Crippen MR) is 136 cm³/mol. The molecule has 11 N–H and O–H groups in total. The Morgan fingerprint density at radius 2 is 1.39 bits per heavy atom. The van der Waals surface area contributed by atoms with Crippen LogP contribution in [0.5, 0.6) is 0 Å². The van der Waals surface area contributed by atoms with Crippen molar-refractivity contribution < 1.29 is 24.0 Å². The number of carbonyl (C=O) groups is 4. The van der Waals surface area contributed by atoms with Gasteiger partial charge < -0.3 is 38.5 Å². The van der Waals surface area contributed by atoms with Crippen LogP contribution in [0.1, 0.15) is 66.2 Å². The first kappa shape index (κ1) is 32.8. The van der Waals surface area contributed by atoms with Gasteiger partial charge in [-0.3, -0.25) is 29.4 Å². The van der Waals surface area contributed by atoms with Gasteiger partial charge in [0.25, 0.3) is 0 Å². The first-order valence-electron chi connectivity index (χ1n) is 12.2. The number of nitrogens with one attached hydrogen (secondary N) is 5. The Hall–Kier alpha value is -3.22. The summed E-state index contributed by atoms with van der Waals surface area (Å²) >= 11 is 0.